The number of aryl methyl sites for hydroxylation is 1. The van der Waals surface area contributed by atoms with E-state index in [1.165, 1.54) is 22.3 Å². The maximum atomic E-state index is 12.3. The number of carbonyl (C=O) groups is 2. The first-order valence-electron chi connectivity index (χ1n) is 8.04. The molecule has 124 valence electrons. The Labute approximate surface area is 145 Å². The van der Waals surface area contributed by atoms with E-state index in [-0.39, 0.29) is 11.9 Å². The van der Waals surface area contributed by atoms with E-state index in [2.05, 4.69) is 5.32 Å². The van der Waals surface area contributed by atoms with Crippen molar-refractivity contribution in [3.63, 3.8) is 0 Å². The van der Waals surface area contributed by atoms with Crippen LogP contribution in [-0.4, -0.2) is 18.5 Å². The maximum Gasteiger partial charge on any atom is 0.341 e. The molecule has 3 rings (SSSR count). The molecule has 1 aliphatic rings. The second-order valence-corrected chi connectivity index (χ2v) is 6.62. The Bertz CT molecular complexity index is 777. The molecule has 0 atom stereocenters. The fraction of sp³-hybridized carbons (Fsp3) is 0.263. The van der Waals surface area contributed by atoms with Gasteiger partial charge in [0.05, 0.1) is 12.2 Å². The first kappa shape index (κ1) is 16.5. The average Bonchev–Trinajstić information content (AvgIpc) is 3.14. The predicted octanol–water partition coefficient (Wildman–Crippen LogP) is 4.07. The minimum atomic E-state index is -0.348. The Morgan fingerprint density at radius 2 is 2.04 bits per heavy atom. The normalized spacial score (nSPS) is 13.0. The monoisotopic (exact) mass is 341 g/mol. The Balaban J connectivity index is 1.78. The van der Waals surface area contributed by atoms with E-state index in [9.17, 15) is 9.59 Å². The second-order valence-electron chi connectivity index (χ2n) is 5.52. The molecule has 0 fully saturated rings. The largest absolute Gasteiger partial charge is 0.462 e. The van der Waals surface area contributed by atoms with Crippen molar-refractivity contribution < 1.29 is 14.3 Å². The van der Waals surface area contributed by atoms with Crippen molar-refractivity contribution in [3.8, 4) is 0 Å². The van der Waals surface area contributed by atoms with Gasteiger partial charge in [-0.15, -0.1) is 11.3 Å². The van der Waals surface area contributed by atoms with Crippen LogP contribution >= 0.6 is 11.3 Å². The van der Waals surface area contributed by atoms with E-state index in [4.69, 9.17) is 4.74 Å². The van der Waals surface area contributed by atoms with E-state index in [0.717, 1.165) is 30.4 Å². The smallest absolute Gasteiger partial charge is 0.341 e. The van der Waals surface area contributed by atoms with Crippen LogP contribution in [0.4, 0.5) is 5.00 Å². The van der Waals surface area contributed by atoms with Gasteiger partial charge < -0.3 is 10.1 Å². The molecule has 4 nitrogen and oxygen atoms in total. The van der Waals surface area contributed by atoms with Gasteiger partial charge in [-0.05, 0) is 43.4 Å². The summed E-state index contributed by atoms with van der Waals surface area (Å²) in [5.74, 6) is -0.594. The summed E-state index contributed by atoms with van der Waals surface area (Å²) in [6.07, 6.45) is 6.11. The predicted molar refractivity (Wildman–Crippen MR) is 96.4 cm³/mol. The topological polar surface area (TPSA) is 55.4 Å². The van der Waals surface area contributed by atoms with E-state index in [1.807, 2.05) is 30.3 Å². The van der Waals surface area contributed by atoms with Gasteiger partial charge in [0, 0.05) is 11.0 Å². The number of rotatable bonds is 5. The van der Waals surface area contributed by atoms with E-state index in [0.29, 0.717) is 17.2 Å². The van der Waals surface area contributed by atoms with Gasteiger partial charge in [-0.25, -0.2) is 4.79 Å². The van der Waals surface area contributed by atoms with Crippen molar-refractivity contribution in [2.24, 2.45) is 0 Å². The molecule has 0 spiro atoms. The summed E-state index contributed by atoms with van der Waals surface area (Å²) < 4.78 is 5.16. The number of esters is 1. The van der Waals surface area contributed by atoms with Crippen LogP contribution in [0, 0.1) is 0 Å². The second kappa shape index (κ2) is 7.45. The number of fused-ring (bicyclic) bond motifs is 1. The summed E-state index contributed by atoms with van der Waals surface area (Å²) in [5, 5.41) is 3.44. The highest BCUT2D eigenvalue weighted by Crippen LogP contribution is 2.39. The number of ether oxygens (including phenoxy) is 1. The molecule has 1 amide bonds. The summed E-state index contributed by atoms with van der Waals surface area (Å²) in [7, 11) is 0. The van der Waals surface area contributed by atoms with Gasteiger partial charge in [0.2, 0.25) is 5.91 Å². The molecule has 5 heteroatoms. The lowest BCUT2D eigenvalue weighted by atomic mass is 10.1. The molecular formula is C19H19NO3S. The SMILES string of the molecule is CCOC(=O)c1c(NC(=O)C=Cc2ccccc2)sc2c1CCC2. The molecule has 2 aromatic rings. The molecule has 0 saturated heterocycles. The average molecular weight is 341 g/mol. The molecule has 0 aliphatic heterocycles. The summed E-state index contributed by atoms with van der Waals surface area (Å²) in [6, 6.07) is 9.61. The zero-order valence-electron chi connectivity index (χ0n) is 13.5. The van der Waals surface area contributed by atoms with Crippen LogP contribution in [0.1, 0.15) is 39.7 Å². The van der Waals surface area contributed by atoms with E-state index < -0.39 is 0 Å². The van der Waals surface area contributed by atoms with Crippen LogP contribution < -0.4 is 5.32 Å². The Kier molecular flexibility index (Phi) is 5.11. The highest BCUT2D eigenvalue weighted by molar-refractivity contribution is 7.17. The lowest BCUT2D eigenvalue weighted by molar-refractivity contribution is -0.111. The standard InChI is InChI=1S/C19H19NO3S/c1-2-23-19(22)17-14-9-6-10-15(14)24-18(17)20-16(21)12-11-13-7-4-3-5-8-13/h3-5,7-8,11-12H,2,6,9-10H2,1H3,(H,20,21). The van der Waals surface area contributed by atoms with Gasteiger partial charge in [0.25, 0.3) is 0 Å². The molecule has 0 unspecified atom stereocenters. The zero-order chi connectivity index (χ0) is 16.9. The minimum Gasteiger partial charge on any atom is -0.462 e. The van der Waals surface area contributed by atoms with Crippen LogP contribution in [0.5, 0.6) is 0 Å². The van der Waals surface area contributed by atoms with Gasteiger partial charge >= 0.3 is 5.97 Å². The number of carbonyl (C=O) groups excluding carboxylic acids is 2. The Morgan fingerprint density at radius 1 is 1.25 bits per heavy atom. The number of hydrogen-bond acceptors (Lipinski definition) is 4. The van der Waals surface area contributed by atoms with Crippen LogP contribution in [-0.2, 0) is 22.4 Å². The zero-order valence-corrected chi connectivity index (χ0v) is 14.3. The third-order valence-electron chi connectivity index (χ3n) is 3.86. The summed E-state index contributed by atoms with van der Waals surface area (Å²) >= 11 is 1.49. The number of hydrogen-bond donors (Lipinski definition) is 1. The van der Waals surface area contributed by atoms with Crippen molar-refractivity contribution in [1.82, 2.24) is 0 Å². The molecule has 1 aromatic carbocycles. The van der Waals surface area contributed by atoms with Crippen LogP contribution in [0.2, 0.25) is 0 Å². The molecule has 0 saturated carbocycles. The first-order chi connectivity index (χ1) is 11.7. The Hall–Kier alpha value is -2.40. The van der Waals surface area contributed by atoms with Crippen molar-refractivity contribution >= 4 is 34.3 Å². The molecule has 24 heavy (non-hydrogen) atoms. The number of benzene rings is 1. The first-order valence-corrected chi connectivity index (χ1v) is 8.86. The summed E-state index contributed by atoms with van der Waals surface area (Å²) in [4.78, 5) is 25.6. The van der Waals surface area contributed by atoms with E-state index in [1.54, 1.807) is 13.0 Å². The molecular weight excluding hydrogens is 322 g/mol. The number of nitrogens with one attached hydrogen (secondary N) is 1. The number of amides is 1. The summed E-state index contributed by atoms with van der Waals surface area (Å²) in [6.45, 7) is 2.11. The molecule has 0 bridgehead atoms. The third kappa shape index (κ3) is 3.57. The molecule has 1 aromatic heterocycles. The lowest BCUT2D eigenvalue weighted by Gasteiger charge is -2.06. The molecule has 1 aliphatic carbocycles. The quantitative estimate of drug-likeness (QED) is 0.659. The number of thiophene rings is 1. The van der Waals surface area contributed by atoms with Gasteiger partial charge in [0.15, 0.2) is 0 Å². The van der Waals surface area contributed by atoms with Gasteiger partial charge in [-0.3, -0.25) is 4.79 Å². The molecule has 1 N–H and O–H groups in total. The summed E-state index contributed by atoms with van der Waals surface area (Å²) in [5.41, 5.74) is 2.53. The third-order valence-corrected chi connectivity index (χ3v) is 5.07. The van der Waals surface area contributed by atoms with Crippen LogP contribution in [0.15, 0.2) is 36.4 Å². The minimum absolute atomic E-state index is 0.246. The fourth-order valence-electron chi connectivity index (χ4n) is 2.80. The van der Waals surface area contributed by atoms with Crippen LogP contribution in [0.3, 0.4) is 0 Å². The molecule has 1 heterocycles. The van der Waals surface area contributed by atoms with Crippen LogP contribution in [0.25, 0.3) is 6.08 Å². The maximum absolute atomic E-state index is 12.3. The van der Waals surface area contributed by atoms with Crippen molar-refractivity contribution in [1.29, 1.82) is 0 Å². The van der Waals surface area contributed by atoms with Gasteiger partial charge in [-0.2, -0.15) is 0 Å². The Morgan fingerprint density at radius 3 is 2.79 bits per heavy atom. The van der Waals surface area contributed by atoms with E-state index >= 15 is 0 Å². The van der Waals surface area contributed by atoms with Gasteiger partial charge in [0.1, 0.15) is 5.00 Å². The number of anilines is 1. The van der Waals surface area contributed by atoms with Gasteiger partial charge in [-0.1, -0.05) is 30.3 Å². The highest BCUT2D eigenvalue weighted by atomic mass is 32.1. The highest BCUT2D eigenvalue weighted by Gasteiger charge is 2.27. The van der Waals surface area contributed by atoms with Crippen molar-refractivity contribution in [2.45, 2.75) is 26.2 Å². The molecule has 0 radical (unpaired) electrons. The fourth-order valence-corrected chi connectivity index (χ4v) is 4.08. The van der Waals surface area contributed by atoms with Crippen molar-refractivity contribution in [2.75, 3.05) is 11.9 Å². The lowest BCUT2D eigenvalue weighted by Crippen LogP contribution is -2.13. The van der Waals surface area contributed by atoms with Crippen molar-refractivity contribution in [3.05, 3.63) is 58.0 Å².